The number of carbonyl (C=O) groups is 1. The molecule has 1 amide bonds. The van der Waals surface area contributed by atoms with Crippen molar-refractivity contribution in [2.24, 2.45) is 0 Å². The fraction of sp³-hybridized carbons (Fsp3) is 0.158. The topological polar surface area (TPSA) is 77.6 Å². The van der Waals surface area contributed by atoms with Gasteiger partial charge in [0.15, 0.2) is 5.82 Å². The van der Waals surface area contributed by atoms with E-state index >= 15 is 0 Å². The lowest BCUT2D eigenvalue weighted by Crippen LogP contribution is -2.19. The minimum absolute atomic E-state index is 0.0678. The summed E-state index contributed by atoms with van der Waals surface area (Å²) in [5.74, 6) is -0.0831. The molecule has 0 saturated carbocycles. The highest BCUT2D eigenvalue weighted by Gasteiger charge is 2.11. The number of nitrogens with zero attached hydrogens (tertiary/aromatic N) is 5. The lowest BCUT2D eigenvalue weighted by molar-refractivity contribution is -0.116. The van der Waals surface area contributed by atoms with Gasteiger partial charge in [0.25, 0.3) is 0 Å². The molecule has 1 N–H and O–H groups in total. The molecular formula is C19H17FN6O. The Hall–Kier alpha value is -3.55. The fourth-order valence-electron chi connectivity index (χ4n) is 2.86. The second-order valence-corrected chi connectivity index (χ2v) is 6.05. The molecule has 4 aromatic rings. The number of amides is 1. The van der Waals surface area contributed by atoms with Gasteiger partial charge < -0.3 is 5.32 Å². The van der Waals surface area contributed by atoms with Crippen LogP contribution in [0.25, 0.3) is 22.0 Å². The van der Waals surface area contributed by atoms with E-state index in [9.17, 15) is 9.18 Å². The second-order valence-electron chi connectivity index (χ2n) is 6.05. The number of anilines is 1. The van der Waals surface area contributed by atoms with Crippen LogP contribution in [0.1, 0.15) is 6.92 Å². The molecule has 0 aliphatic carbocycles. The van der Waals surface area contributed by atoms with Crippen molar-refractivity contribution in [2.45, 2.75) is 20.0 Å². The van der Waals surface area contributed by atoms with Crippen LogP contribution in [0.3, 0.4) is 0 Å². The van der Waals surface area contributed by atoms with E-state index in [-0.39, 0.29) is 18.3 Å². The quantitative estimate of drug-likeness (QED) is 0.590. The monoisotopic (exact) mass is 364 g/mol. The number of carbonyl (C=O) groups excluding carboxylic acids is 1. The van der Waals surface area contributed by atoms with Gasteiger partial charge in [0.2, 0.25) is 5.91 Å². The lowest BCUT2D eigenvalue weighted by Gasteiger charge is -2.05. The van der Waals surface area contributed by atoms with Crippen molar-refractivity contribution in [3.8, 4) is 11.1 Å². The Bertz CT molecular complexity index is 1100. The molecule has 0 radical (unpaired) electrons. The molecule has 0 atom stereocenters. The van der Waals surface area contributed by atoms with E-state index in [4.69, 9.17) is 0 Å². The van der Waals surface area contributed by atoms with E-state index in [2.05, 4.69) is 20.6 Å². The highest BCUT2D eigenvalue weighted by atomic mass is 19.1. The zero-order chi connectivity index (χ0) is 18.8. The van der Waals surface area contributed by atoms with Crippen molar-refractivity contribution >= 4 is 22.6 Å². The van der Waals surface area contributed by atoms with Gasteiger partial charge in [-0.25, -0.2) is 4.39 Å². The maximum absolute atomic E-state index is 13.1. The summed E-state index contributed by atoms with van der Waals surface area (Å²) < 4.78 is 14.7. The SMILES string of the molecule is CCn1ncc(NC(=O)Cn2ncc3cc(-c4ccc(F)cc4)ccc32)n1. The molecule has 2 heterocycles. The zero-order valence-electron chi connectivity index (χ0n) is 14.6. The molecule has 4 rings (SSSR count). The van der Waals surface area contributed by atoms with Gasteiger partial charge in [-0.15, -0.1) is 5.10 Å². The summed E-state index contributed by atoms with van der Waals surface area (Å²) in [6.07, 6.45) is 3.22. The van der Waals surface area contributed by atoms with Gasteiger partial charge in [-0.05, 0) is 42.3 Å². The maximum atomic E-state index is 13.1. The number of aromatic nitrogens is 5. The first-order valence-electron chi connectivity index (χ1n) is 8.54. The van der Waals surface area contributed by atoms with Crippen LogP contribution in [0.5, 0.6) is 0 Å². The second kappa shape index (κ2) is 6.99. The third-order valence-electron chi connectivity index (χ3n) is 4.20. The average Bonchev–Trinajstić information content (AvgIpc) is 3.29. The minimum Gasteiger partial charge on any atom is -0.306 e. The van der Waals surface area contributed by atoms with E-state index in [0.717, 1.165) is 22.0 Å². The molecule has 0 spiro atoms. The number of hydrogen-bond donors (Lipinski definition) is 1. The van der Waals surface area contributed by atoms with Crippen LogP contribution in [0.2, 0.25) is 0 Å². The van der Waals surface area contributed by atoms with Crippen molar-refractivity contribution < 1.29 is 9.18 Å². The smallest absolute Gasteiger partial charge is 0.247 e. The van der Waals surface area contributed by atoms with Crippen molar-refractivity contribution in [1.82, 2.24) is 24.8 Å². The standard InChI is InChI=1S/C19H17FN6O/c1-2-26-22-11-18(24-26)23-19(27)12-25-17-8-5-14(9-15(17)10-21-25)13-3-6-16(20)7-4-13/h3-11H,2,12H2,1H3,(H,23,24,27). The third kappa shape index (κ3) is 3.55. The van der Waals surface area contributed by atoms with Gasteiger partial charge in [0.05, 0.1) is 24.5 Å². The molecule has 0 fully saturated rings. The number of nitrogens with one attached hydrogen (secondary N) is 1. The Balaban J connectivity index is 1.52. The van der Waals surface area contributed by atoms with Crippen LogP contribution in [-0.4, -0.2) is 30.7 Å². The summed E-state index contributed by atoms with van der Waals surface area (Å²) in [7, 11) is 0. The summed E-state index contributed by atoms with van der Waals surface area (Å²) >= 11 is 0. The number of hydrogen-bond acceptors (Lipinski definition) is 4. The minimum atomic E-state index is -0.266. The molecule has 0 saturated heterocycles. The van der Waals surface area contributed by atoms with Crippen LogP contribution < -0.4 is 5.32 Å². The molecule has 2 aromatic carbocycles. The van der Waals surface area contributed by atoms with Crippen LogP contribution in [0.15, 0.2) is 54.9 Å². The molecule has 2 aromatic heterocycles. The summed E-state index contributed by atoms with van der Waals surface area (Å²) in [4.78, 5) is 13.8. The average molecular weight is 364 g/mol. The summed E-state index contributed by atoms with van der Waals surface area (Å²) in [6, 6.07) is 12.1. The molecule has 136 valence electrons. The summed E-state index contributed by atoms with van der Waals surface area (Å²) in [5.41, 5.74) is 2.72. The molecule has 0 unspecified atom stereocenters. The van der Waals surface area contributed by atoms with Crippen molar-refractivity contribution in [2.75, 3.05) is 5.32 Å². The van der Waals surface area contributed by atoms with Gasteiger partial charge in [-0.2, -0.15) is 15.0 Å². The molecular weight excluding hydrogens is 347 g/mol. The van der Waals surface area contributed by atoms with Crippen LogP contribution in [0.4, 0.5) is 10.2 Å². The summed E-state index contributed by atoms with van der Waals surface area (Å²) in [6.45, 7) is 2.62. The zero-order valence-corrected chi connectivity index (χ0v) is 14.6. The van der Waals surface area contributed by atoms with Gasteiger partial charge in [0, 0.05) is 5.39 Å². The van der Waals surface area contributed by atoms with Gasteiger partial charge >= 0.3 is 0 Å². The molecule has 0 aliphatic rings. The Morgan fingerprint density at radius 1 is 1.07 bits per heavy atom. The van der Waals surface area contributed by atoms with E-state index in [1.165, 1.54) is 23.1 Å². The Labute approximate surface area is 154 Å². The van der Waals surface area contributed by atoms with E-state index < -0.39 is 0 Å². The molecule has 0 bridgehead atoms. The first-order valence-corrected chi connectivity index (χ1v) is 8.54. The van der Waals surface area contributed by atoms with Crippen molar-refractivity contribution in [1.29, 1.82) is 0 Å². The first kappa shape index (κ1) is 16.9. The number of rotatable bonds is 5. The van der Waals surface area contributed by atoms with Gasteiger partial charge in [-0.1, -0.05) is 18.2 Å². The van der Waals surface area contributed by atoms with Crippen molar-refractivity contribution in [3.63, 3.8) is 0 Å². The van der Waals surface area contributed by atoms with E-state index in [1.54, 1.807) is 23.0 Å². The Kier molecular flexibility index (Phi) is 4.37. The van der Waals surface area contributed by atoms with Crippen molar-refractivity contribution in [3.05, 3.63) is 60.7 Å². The number of benzene rings is 2. The van der Waals surface area contributed by atoms with E-state index in [0.29, 0.717) is 12.4 Å². The number of aryl methyl sites for hydroxylation is 1. The van der Waals surface area contributed by atoms with Gasteiger partial charge in [0.1, 0.15) is 12.4 Å². The molecule has 0 aliphatic heterocycles. The summed E-state index contributed by atoms with van der Waals surface area (Å²) in [5, 5.41) is 16.1. The Morgan fingerprint density at radius 3 is 2.59 bits per heavy atom. The van der Waals surface area contributed by atoms with Gasteiger partial charge in [-0.3, -0.25) is 9.48 Å². The number of fused-ring (bicyclic) bond motifs is 1. The normalized spacial score (nSPS) is 11.0. The predicted octanol–water partition coefficient (Wildman–Crippen LogP) is 3.09. The molecule has 8 heteroatoms. The van der Waals surface area contributed by atoms with Crippen LogP contribution >= 0.6 is 0 Å². The number of halogens is 1. The predicted molar refractivity (Wildman–Crippen MR) is 99.5 cm³/mol. The van der Waals surface area contributed by atoms with E-state index in [1.807, 2.05) is 25.1 Å². The maximum Gasteiger partial charge on any atom is 0.247 e. The highest BCUT2D eigenvalue weighted by Crippen LogP contribution is 2.24. The first-order chi connectivity index (χ1) is 13.1. The molecule has 7 nitrogen and oxygen atoms in total. The lowest BCUT2D eigenvalue weighted by atomic mass is 10.0. The fourth-order valence-corrected chi connectivity index (χ4v) is 2.86. The van der Waals surface area contributed by atoms with Crippen LogP contribution in [-0.2, 0) is 17.9 Å². The molecule has 27 heavy (non-hydrogen) atoms. The largest absolute Gasteiger partial charge is 0.306 e. The van der Waals surface area contributed by atoms with Crippen LogP contribution in [0, 0.1) is 5.82 Å². The third-order valence-corrected chi connectivity index (χ3v) is 4.20. The Morgan fingerprint density at radius 2 is 1.85 bits per heavy atom. The highest BCUT2D eigenvalue weighted by molar-refractivity contribution is 5.91.